The third kappa shape index (κ3) is 6.12. The van der Waals surface area contributed by atoms with E-state index in [2.05, 4.69) is 49.0 Å². The third-order valence-electron chi connectivity index (χ3n) is 8.03. The van der Waals surface area contributed by atoms with Crippen molar-refractivity contribution in [1.82, 2.24) is 19.7 Å². The zero-order valence-corrected chi connectivity index (χ0v) is 25.1. The number of allylic oxidation sites excluding steroid dienone is 3. The summed E-state index contributed by atoms with van der Waals surface area (Å²) in [6.45, 7) is 11.8. The Morgan fingerprint density at radius 3 is 2.76 bits per heavy atom. The van der Waals surface area contributed by atoms with Crippen LogP contribution in [0, 0.1) is 6.92 Å². The molecule has 1 aliphatic heterocycles. The van der Waals surface area contributed by atoms with E-state index in [1.807, 2.05) is 12.1 Å². The molecule has 1 aliphatic carbocycles. The molecule has 1 aromatic carbocycles. The Kier molecular flexibility index (Phi) is 9.09. The van der Waals surface area contributed by atoms with E-state index < -0.39 is 5.97 Å². The molecule has 0 amide bonds. The van der Waals surface area contributed by atoms with Gasteiger partial charge in [0.2, 0.25) is 5.88 Å². The average molecular weight is 573 g/mol. The fourth-order valence-corrected chi connectivity index (χ4v) is 5.83. The molecule has 0 radical (unpaired) electrons. The van der Waals surface area contributed by atoms with E-state index in [0.717, 1.165) is 61.5 Å². The van der Waals surface area contributed by atoms with Crippen molar-refractivity contribution in [3.63, 3.8) is 0 Å². The standard InChI is InChI=1S/C33H40N4O5/c1-6-41-32-27(33(38)39)17-34-37(32)30-12-8-11-29(35-30)26-10-7-9-21(2)31(26)42-20-24-15-22(3)28-18-36(23(4)19-40-5)14-13-25(28)16-24/h8,10-12,15-17,23H,6-7,9,13-14,18-20H2,1-5H3,(H,38,39). The van der Waals surface area contributed by atoms with Gasteiger partial charge < -0.3 is 19.3 Å². The van der Waals surface area contributed by atoms with Crippen LogP contribution >= 0.6 is 0 Å². The molecule has 0 saturated heterocycles. The van der Waals surface area contributed by atoms with Crippen LogP contribution in [0.1, 0.15) is 71.9 Å². The minimum absolute atomic E-state index is 0.00163. The Morgan fingerprint density at radius 1 is 1.17 bits per heavy atom. The highest BCUT2D eigenvalue weighted by Gasteiger charge is 2.24. The molecule has 0 saturated carbocycles. The van der Waals surface area contributed by atoms with Crippen LogP contribution in [-0.4, -0.2) is 63.7 Å². The molecule has 42 heavy (non-hydrogen) atoms. The Balaban J connectivity index is 1.36. The molecule has 3 heterocycles. The molecule has 9 heteroatoms. The van der Waals surface area contributed by atoms with Crippen LogP contribution in [0.2, 0.25) is 0 Å². The fraction of sp³-hybridized carbons (Fsp3) is 0.424. The molecule has 1 atom stereocenters. The van der Waals surface area contributed by atoms with Crippen molar-refractivity contribution in [3.05, 3.63) is 87.4 Å². The number of rotatable bonds is 11. The predicted octanol–water partition coefficient (Wildman–Crippen LogP) is 5.73. The summed E-state index contributed by atoms with van der Waals surface area (Å²) < 4.78 is 19.0. The van der Waals surface area contributed by atoms with Gasteiger partial charge in [-0.15, -0.1) is 0 Å². The molecule has 222 valence electrons. The lowest BCUT2D eigenvalue weighted by Crippen LogP contribution is -2.40. The van der Waals surface area contributed by atoms with Gasteiger partial charge in [0.15, 0.2) is 5.82 Å². The van der Waals surface area contributed by atoms with Gasteiger partial charge in [-0.05, 0) is 86.9 Å². The van der Waals surface area contributed by atoms with Crippen molar-refractivity contribution in [2.45, 2.75) is 66.2 Å². The number of methoxy groups -OCH3 is 1. The molecule has 0 bridgehead atoms. The van der Waals surface area contributed by atoms with E-state index in [4.69, 9.17) is 19.2 Å². The van der Waals surface area contributed by atoms with Crippen LogP contribution < -0.4 is 4.74 Å². The number of aromatic carboxylic acids is 1. The first-order chi connectivity index (χ1) is 20.3. The summed E-state index contributed by atoms with van der Waals surface area (Å²) in [5.41, 5.74) is 8.13. The molecule has 2 aliphatic rings. The highest BCUT2D eigenvalue weighted by molar-refractivity contribution is 5.90. The molecule has 0 spiro atoms. The van der Waals surface area contributed by atoms with Crippen molar-refractivity contribution in [3.8, 4) is 11.7 Å². The molecule has 1 unspecified atom stereocenters. The van der Waals surface area contributed by atoms with Gasteiger partial charge in [0, 0.05) is 31.8 Å². The summed E-state index contributed by atoms with van der Waals surface area (Å²) >= 11 is 0. The van der Waals surface area contributed by atoms with E-state index in [-0.39, 0.29) is 11.4 Å². The number of ether oxygens (including phenoxy) is 3. The first kappa shape index (κ1) is 29.5. The van der Waals surface area contributed by atoms with Crippen LogP contribution in [0.15, 0.2) is 53.9 Å². The van der Waals surface area contributed by atoms with Gasteiger partial charge in [0.25, 0.3) is 0 Å². The van der Waals surface area contributed by atoms with E-state index in [9.17, 15) is 9.90 Å². The van der Waals surface area contributed by atoms with Crippen LogP contribution in [0.25, 0.3) is 11.4 Å². The number of fused-ring (bicyclic) bond motifs is 1. The normalized spacial score (nSPS) is 16.2. The number of carboxylic acid groups (broad SMARTS) is 1. The minimum atomic E-state index is -1.10. The fourth-order valence-electron chi connectivity index (χ4n) is 5.83. The minimum Gasteiger partial charge on any atom is -0.488 e. The summed E-state index contributed by atoms with van der Waals surface area (Å²) in [6.07, 6.45) is 6.29. The largest absolute Gasteiger partial charge is 0.488 e. The monoisotopic (exact) mass is 572 g/mol. The van der Waals surface area contributed by atoms with Crippen LogP contribution in [0.4, 0.5) is 0 Å². The third-order valence-corrected chi connectivity index (χ3v) is 8.03. The lowest BCUT2D eigenvalue weighted by atomic mass is 9.92. The van der Waals surface area contributed by atoms with E-state index in [1.165, 1.54) is 33.1 Å². The van der Waals surface area contributed by atoms with E-state index in [0.29, 0.717) is 25.1 Å². The number of aromatic nitrogens is 3. The lowest BCUT2D eigenvalue weighted by molar-refractivity contribution is 0.0692. The van der Waals surface area contributed by atoms with Crippen LogP contribution in [0.5, 0.6) is 5.88 Å². The first-order valence-corrected chi connectivity index (χ1v) is 14.6. The number of hydrogen-bond donors (Lipinski definition) is 1. The van der Waals surface area contributed by atoms with E-state index in [1.54, 1.807) is 20.1 Å². The number of nitrogens with zero attached hydrogens (tertiary/aromatic N) is 4. The molecule has 2 aromatic heterocycles. The Hall–Kier alpha value is -3.95. The SMILES string of the molecule is CCOc1c(C(=O)O)cnn1-c1cccc(C2=CCCC(C)=C2OCc2cc(C)c3c(c2)CCN(C(C)COC)C3)n1. The van der Waals surface area contributed by atoms with Crippen molar-refractivity contribution < 1.29 is 24.1 Å². The molecule has 9 nitrogen and oxygen atoms in total. The van der Waals surface area contributed by atoms with Gasteiger partial charge >= 0.3 is 5.97 Å². The number of carbonyl (C=O) groups is 1. The molecule has 1 N–H and O–H groups in total. The second-order valence-electron chi connectivity index (χ2n) is 11.0. The zero-order valence-electron chi connectivity index (χ0n) is 25.1. The number of hydrogen-bond acceptors (Lipinski definition) is 7. The number of pyridine rings is 1. The quantitative estimate of drug-likeness (QED) is 0.311. The van der Waals surface area contributed by atoms with Crippen LogP contribution in [0.3, 0.4) is 0 Å². The van der Waals surface area contributed by atoms with Crippen molar-refractivity contribution >= 4 is 11.5 Å². The van der Waals surface area contributed by atoms with Crippen molar-refractivity contribution in [2.24, 2.45) is 0 Å². The molecule has 3 aromatic rings. The summed E-state index contributed by atoms with van der Waals surface area (Å²) in [6, 6.07) is 10.6. The predicted molar refractivity (Wildman–Crippen MR) is 161 cm³/mol. The molecular formula is C33H40N4O5. The first-order valence-electron chi connectivity index (χ1n) is 14.6. The number of benzene rings is 1. The summed E-state index contributed by atoms with van der Waals surface area (Å²) in [7, 11) is 1.76. The second-order valence-corrected chi connectivity index (χ2v) is 11.0. The lowest BCUT2D eigenvalue weighted by Gasteiger charge is -2.34. The topological polar surface area (TPSA) is 98.9 Å². The summed E-state index contributed by atoms with van der Waals surface area (Å²) in [5.74, 6) is 0.388. The highest BCUT2D eigenvalue weighted by Crippen LogP contribution is 2.34. The second kappa shape index (κ2) is 12.9. The smallest absolute Gasteiger partial charge is 0.342 e. The number of carboxylic acids is 1. The van der Waals surface area contributed by atoms with Gasteiger partial charge in [0.1, 0.15) is 17.9 Å². The van der Waals surface area contributed by atoms with Crippen molar-refractivity contribution in [1.29, 1.82) is 0 Å². The van der Waals surface area contributed by atoms with Gasteiger partial charge in [-0.3, -0.25) is 4.90 Å². The Morgan fingerprint density at radius 2 is 2.00 bits per heavy atom. The molecular weight excluding hydrogens is 532 g/mol. The average Bonchev–Trinajstić information content (AvgIpc) is 3.41. The number of aryl methyl sites for hydroxylation is 1. The van der Waals surface area contributed by atoms with Gasteiger partial charge in [0.05, 0.1) is 25.1 Å². The summed E-state index contributed by atoms with van der Waals surface area (Å²) in [5, 5.41) is 13.8. The van der Waals surface area contributed by atoms with Gasteiger partial charge in [-0.1, -0.05) is 24.3 Å². The van der Waals surface area contributed by atoms with Crippen LogP contribution in [-0.2, 0) is 29.0 Å². The highest BCUT2D eigenvalue weighted by atomic mass is 16.5. The Labute approximate surface area is 247 Å². The molecule has 0 fully saturated rings. The summed E-state index contributed by atoms with van der Waals surface area (Å²) in [4.78, 5) is 19.0. The van der Waals surface area contributed by atoms with Crippen molar-refractivity contribution in [2.75, 3.05) is 26.9 Å². The van der Waals surface area contributed by atoms with E-state index >= 15 is 0 Å². The maximum atomic E-state index is 11.7. The zero-order chi connectivity index (χ0) is 29.8. The Bertz CT molecular complexity index is 1520. The molecule has 5 rings (SSSR count). The van der Waals surface area contributed by atoms with Gasteiger partial charge in [-0.2, -0.15) is 9.78 Å². The maximum absolute atomic E-state index is 11.7. The maximum Gasteiger partial charge on any atom is 0.342 e. The van der Waals surface area contributed by atoms with Gasteiger partial charge in [-0.25, -0.2) is 9.78 Å².